The number of carbonyl (C=O) groups is 1. The van der Waals surface area contributed by atoms with Gasteiger partial charge in [-0.1, -0.05) is 18.2 Å². The fourth-order valence-electron chi connectivity index (χ4n) is 4.02. The van der Waals surface area contributed by atoms with E-state index >= 15 is 0 Å². The second-order valence-corrected chi connectivity index (χ2v) is 7.69. The number of aliphatic hydroxyl groups excluding tert-OH is 1. The minimum Gasteiger partial charge on any atom is -0.457 e. The molecule has 5 nitrogen and oxygen atoms in total. The highest BCUT2D eigenvalue weighted by Crippen LogP contribution is 2.39. The largest absolute Gasteiger partial charge is 0.457 e. The van der Waals surface area contributed by atoms with Crippen LogP contribution in [0.15, 0.2) is 79.0 Å². The lowest BCUT2D eigenvalue weighted by molar-refractivity contribution is -0.137. The van der Waals surface area contributed by atoms with Crippen LogP contribution >= 0.6 is 0 Å². The quantitative estimate of drug-likeness (QED) is 0.368. The topological polar surface area (TPSA) is 85.4 Å². The highest BCUT2D eigenvalue weighted by Gasteiger charge is 2.30. The third-order valence-corrected chi connectivity index (χ3v) is 5.55. The molecule has 0 aliphatic rings. The molecule has 1 atom stereocenters. The van der Waals surface area contributed by atoms with E-state index in [-0.39, 0.29) is 12.4 Å². The normalized spacial score (nSPS) is 12.5. The Morgan fingerprint density at radius 1 is 0.971 bits per heavy atom. The molecular formula is C26H21F3N2O3. The standard InChI is InChI=1S/C26H21F3N2O3/c27-26(28,29)16-7-9-17(10-8-16)34-23-6-3-4-19-18(23)11-12-21(25(30)33)24(19)20(13-15-32)22-5-1-2-14-31-22/h1-12,14,20,32H,13,15H2,(H2,30,33). The average Bonchev–Trinajstić information content (AvgIpc) is 2.82. The van der Waals surface area contributed by atoms with E-state index in [0.717, 1.165) is 12.1 Å². The first kappa shape index (κ1) is 23.3. The highest BCUT2D eigenvalue weighted by molar-refractivity contribution is 6.02. The van der Waals surface area contributed by atoms with Gasteiger partial charge in [0, 0.05) is 35.4 Å². The molecule has 3 N–H and O–H groups in total. The third-order valence-electron chi connectivity index (χ3n) is 5.55. The van der Waals surface area contributed by atoms with Gasteiger partial charge in [-0.25, -0.2) is 0 Å². The highest BCUT2D eigenvalue weighted by atomic mass is 19.4. The second kappa shape index (κ2) is 9.52. The molecule has 0 bridgehead atoms. The number of pyridine rings is 1. The van der Waals surface area contributed by atoms with Crippen molar-refractivity contribution in [2.75, 3.05) is 6.61 Å². The molecule has 3 aromatic carbocycles. The smallest absolute Gasteiger partial charge is 0.416 e. The van der Waals surface area contributed by atoms with Crippen LogP contribution in [0, 0.1) is 0 Å². The molecule has 1 amide bonds. The van der Waals surface area contributed by atoms with E-state index in [0.29, 0.717) is 39.8 Å². The number of benzene rings is 3. The predicted octanol–water partition coefficient (Wildman–Crippen LogP) is 5.66. The number of primary amides is 1. The lowest BCUT2D eigenvalue weighted by atomic mass is 9.84. The molecule has 0 aliphatic carbocycles. The summed E-state index contributed by atoms with van der Waals surface area (Å²) in [7, 11) is 0. The van der Waals surface area contributed by atoms with E-state index in [1.165, 1.54) is 12.1 Å². The fourth-order valence-corrected chi connectivity index (χ4v) is 4.02. The number of halogens is 3. The van der Waals surface area contributed by atoms with Gasteiger partial charge in [0.2, 0.25) is 5.91 Å². The zero-order valence-corrected chi connectivity index (χ0v) is 17.9. The van der Waals surface area contributed by atoms with Gasteiger partial charge in [-0.05, 0) is 72.0 Å². The number of hydrogen-bond donors (Lipinski definition) is 2. The first-order chi connectivity index (χ1) is 16.3. The molecule has 1 aromatic heterocycles. The number of nitrogens with zero attached hydrogens (tertiary/aromatic N) is 1. The van der Waals surface area contributed by atoms with Crippen molar-refractivity contribution >= 4 is 16.7 Å². The zero-order valence-electron chi connectivity index (χ0n) is 17.9. The van der Waals surface area contributed by atoms with Gasteiger partial charge in [-0.2, -0.15) is 13.2 Å². The maximum absolute atomic E-state index is 12.9. The van der Waals surface area contributed by atoms with Crippen LogP contribution in [0.5, 0.6) is 11.5 Å². The van der Waals surface area contributed by atoms with Crippen molar-refractivity contribution in [1.82, 2.24) is 4.98 Å². The fraction of sp³-hybridized carbons (Fsp3) is 0.154. The molecule has 8 heteroatoms. The first-order valence-corrected chi connectivity index (χ1v) is 10.5. The van der Waals surface area contributed by atoms with Crippen molar-refractivity contribution in [3.63, 3.8) is 0 Å². The van der Waals surface area contributed by atoms with Crippen LogP contribution in [0.25, 0.3) is 10.8 Å². The molecule has 34 heavy (non-hydrogen) atoms. The number of fused-ring (bicyclic) bond motifs is 1. The summed E-state index contributed by atoms with van der Waals surface area (Å²) in [5.74, 6) is -0.403. The number of amides is 1. The summed E-state index contributed by atoms with van der Waals surface area (Å²) in [6, 6.07) is 18.3. The maximum atomic E-state index is 12.9. The van der Waals surface area contributed by atoms with E-state index in [1.807, 2.05) is 18.2 Å². The summed E-state index contributed by atoms with van der Waals surface area (Å²) >= 11 is 0. The van der Waals surface area contributed by atoms with Gasteiger partial charge in [-0.3, -0.25) is 9.78 Å². The molecule has 174 valence electrons. The van der Waals surface area contributed by atoms with Crippen molar-refractivity contribution < 1.29 is 27.8 Å². The van der Waals surface area contributed by atoms with Gasteiger partial charge in [0.25, 0.3) is 0 Å². The van der Waals surface area contributed by atoms with E-state index in [2.05, 4.69) is 4.98 Å². The molecule has 4 rings (SSSR count). The number of alkyl halides is 3. The summed E-state index contributed by atoms with van der Waals surface area (Å²) in [5.41, 5.74) is 6.48. The van der Waals surface area contributed by atoms with Crippen LogP contribution in [-0.4, -0.2) is 22.6 Å². The van der Waals surface area contributed by atoms with Crippen molar-refractivity contribution in [3.05, 3.63) is 101 Å². The van der Waals surface area contributed by atoms with Crippen molar-refractivity contribution in [3.8, 4) is 11.5 Å². The molecule has 0 saturated carbocycles. The zero-order chi connectivity index (χ0) is 24.3. The Balaban J connectivity index is 1.84. The number of hydrogen-bond acceptors (Lipinski definition) is 4. The van der Waals surface area contributed by atoms with E-state index < -0.39 is 23.6 Å². The van der Waals surface area contributed by atoms with Gasteiger partial charge >= 0.3 is 6.18 Å². The van der Waals surface area contributed by atoms with E-state index in [4.69, 9.17) is 10.5 Å². The molecule has 1 unspecified atom stereocenters. The monoisotopic (exact) mass is 466 g/mol. The molecule has 1 heterocycles. The van der Waals surface area contributed by atoms with E-state index in [9.17, 15) is 23.1 Å². The maximum Gasteiger partial charge on any atom is 0.416 e. The van der Waals surface area contributed by atoms with Crippen LogP contribution in [0.2, 0.25) is 0 Å². The third kappa shape index (κ3) is 4.72. The minimum absolute atomic E-state index is 0.141. The second-order valence-electron chi connectivity index (χ2n) is 7.69. The number of aliphatic hydroxyl groups is 1. The van der Waals surface area contributed by atoms with E-state index in [1.54, 1.807) is 36.5 Å². The van der Waals surface area contributed by atoms with Crippen LogP contribution < -0.4 is 10.5 Å². The molecule has 4 aromatic rings. The Kier molecular flexibility index (Phi) is 6.51. The summed E-state index contributed by atoms with van der Waals surface area (Å²) in [5, 5.41) is 11.1. The molecule has 0 fully saturated rings. The van der Waals surface area contributed by atoms with Gasteiger partial charge in [0.1, 0.15) is 11.5 Å². The molecule has 0 spiro atoms. The minimum atomic E-state index is -4.44. The lowest BCUT2D eigenvalue weighted by Gasteiger charge is -2.22. The number of ether oxygens (including phenoxy) is 1. The lowest BCUT2D eigenvalue weighted by Crippen LogP contribution is -2.17. The van der Waals surface area contributed by atoms with Crippen molar-refractivity contribution in [2.45, 2.75) is 18.5 Å². The summed E-state index contributed by atoms with van der Waals surface area (Å²) in [6.07, 6.45) is -2.50. The van der Waals surface area contributed by atoms with Crippen molar-refractivity contribution in [1.29, 1.82) is 0 Å². The van der Waals surface area contributed by atoms with Crippen LogP contribution in [-0.2, 0) is 6.18 Å². The van der Waals surface area contributed by atoms with Crippen LogP contribution in [0.3, 0.4) is 0 Å². The number of carbonyl (C=O) groups excluding carboxylic acids is 1. The van der Waals surface area contributed by atoms with Crippen molar-refractivity contribution in [2.24, 2.45) is 5.73 Å². The molecule has 0 radical (unpaired) electrons. The molecule has 0 aliphatic heterocycles. The predicted molar refractivity (Wildman–Crippen MR) is 122 cm³/mol. The van der Waals surface area contributed by atoms with Crippen LogP contribution in [0.4, 0.5) is 13.2 Å². The Bertz CT molecular complexity index is 1310. The number of aromatic nitrogens is 1. The number of rotatable bonds is 7. The Hall–Kier alpha value is -3.91. The van der Waals surface area contributed by atoms with Gasteiger partial charge in [0.15, 0.2) is 0 Å². The SMILES string of the molecule is NC(=O)c1ccc2c(Oc3ccc(C(F)(F)F)cc3)cccc2c1C(CCO)c1ccccn1. The van der Waals surface area contributed by atoms with Gasteiger partial charge in [-0.15, -0.1) is 0 Å². The van der Waals surface area contributed by atoms with Gasteiger partial charge in [0.05, 0.1) is 5.56 Å². The number of nitrogens with two attached hydrogens (primary N) is 1. The average molecular weight is 466 g/mol. The van der Waals surface area contributed by atoms with Crippen LogP contribution in [0.1, 0.15) is 39.5 Å². The Labute approximate surface area is 193 Å². The molecular weight excluding hydrogens is 445 g/mol. The molecule has 0 saturated heterocycles. The Morgan fingerprint density at radius 3 is 2.35 bits per heavy atom. The summed E-state index contributed by atoms with van der Waals surface area (Å²) in [4.78, 5) is 16.7. The van der Waals surface area contributed by atoms with Gasteiger partial charge < -0.3 is 15.6 Å². The Morgan fingerprint density at radius 2 is 1.74 bits per heavy atom. The summed E-state index contributed by atoms with van der Waals surface area (Å²) < 4.78 is 44.5. The summed E-state index contributed by atoms with van der Waals surface area (Å²) in [6.45, 7) is -0.141. The first-order valence-electron chi connectivity index (χ1n) is 10.5.